The SMILES string of the molecule is CC(C)(C)OC(=O)N1CCC[C@H]1c1cncc(Cl)c1. The van der Waals surface area contributed by atoms with E-state index in [0.29, 0.717) is 11.6 Å². The zero-order valence-electron chi connectivity index (χ0n) is 11.5. The van der Waals surface area contributed by atoms with E-state index < -0.39 is 5.60 Å². The summed E-state index contributed by atoms with van der Waals surface area (Å²) in [5.74, 6) is 0. The lowest BCUT2D eigenvalue weighted by Crippen LogP contribution is -2.36. The molecule has 1 atom stereocenters. The Hall–Kier alpha value is -1.29. The summed E-state index contributed by atoms with van der Waals surface area (Å²) < 4.78 is 5.44. The van der Waals surface area contributed by atoms with Gasteiger partial charge in [-0.1, -0.05) is 11.6 Å². The Kier molecular flexibility index (Phi) is 3.99. The number of halogens is 1. The summed E-state index contributed by atoms with van der Waals surface area (Å²) in [7, 11) is 0. The van der Waals surface area contributed by atoms with E-state index in [4.69, 9.17) is 16.3 Å². The van der Waals surface area contributed by atoms with E-state index in [-0.39, 0.29) is 12.1 Å². The number of nitrogens with zero attached hydrogens (tertiary/aromatic N) is 2. The molecule has 1 fully saturated rings. The van der Waals surface area contributed by atoms with Crippen molar-refractivity contribution in [3.63, 3.8) is 0 Å². The van der Waals surface area contributed by atoms with Crippen LogP contribution in [-0.4, -0.2) is 28.1 Å². The molecule has 0 radical (unpaired) electrons. The molecule has 1 saturated heterocycles. The summed E-state index contributed by atoms with van der Waals surface area (Å²) in [5, 5.41) is 0.591. The van der Waals surface area contributed by atoms with E-state index in [1.807, 2.05) is 26.8 Å². The third-order valence-corrected chi connectivity index (χ3v) is 3.20. The maximum Gasteiger partial charge on any atom is 0.410 e. The third-order valence-electron chi connectivity index (χ3n) is 2.99. The monoisotopic (exact) mass is 282 g/mol. The molecule has 0 bridgehead atoms. The maximum atomic E-state index is 12.2. The number of ether oxygens (including phenoxy) is 1. The number of carbonyl (C=O) groups excluding carboxylic acids is 1. The summed E-state index contributed by atoms with van der Waals surface area (Å²) in [6, 6.07) is 1.88. The molecule has 0 aliphatic carbocycles. The van der Waals surface area contributed by atoms with Gasteiger partial charge in [0, 0.05) is 18.9 Å². The smallest absolute Gasteiger partial charge is 0.410 e. The zero-order valence-corrected chi connectivity index (χ0v) is 12.3. The fourth-order valence-electron chi connectivity index (χ4n) is 2.26. The molecule has 4 nitrogen and oxygen atoms in total. The van der Waals surface area contributed by atoms with Crippen molar-refractivity contribution in [1.29, 1.82) is 0 Å². The molecule has 0 unspecified atom stereocenters. The summed E-state index contributed by atoms with van der Waals surface area (Å²) in [6.45, 7) is 6.33. The van der Waals surface area contributed by atoms with Crippen LogP contribution in [0.25, 0.3) is 0 Å². The number of amides is 1. The topological polar surface area (TPSA) is 42.4 Å². The van der Waals surface area contributed by atoms with Gasteiger partial charge in [0.25, 0.3) is 0 Å². The van der Waals surface area contributed by atoms with Crippen molar-refractivity contribution in [2.75, 3.05) is 6.54 Å². The van der Waals surface area contributed by atoms with Gasteiger partial charge in [0.2, 0.25) is 0 Å². The molecule has 0 aromatic carbocycles. The Labute approximate surface area is 118 Å². The van der Waals surface area contributed by atoms with Gasteiger partial charge in [-0.15, -0.1) is 0 Å². The number of carbonyl (C=O) groups is 1. The standard InChI is InChI=1S/C14H19ClN2O2/c1-14(2,3)19-13(18)17-6-4-5-12(17)10-7-11(15)9-16-8-10/h7-9,12H,4-6H2,1-3H3/t12-/m0/s1. The minimum Gasteiger partial charge on any atom is -0.444 e. The van der Waals surface area contributed by atoms with Gasteiger partial charge in [-0.3, -0.25) is 4.98 Å². The number of rotatable bonds is 1. The second-order valence-corrected chi connectivity index (χ2v) is 6.20. The molecule has 104 valence electrons. The highest BCUT2D eigenvalue weighted by atomic mass is 35.5. The molecule has 1 aliphatic heterocycles. The first-order chi connectivity index (χ1) is 8.87. The van der Waals surface area contributed by atoms with Crippen LogP contribution < -0.4 is 0 Å². The molecule has 1 amide bonds. The second-order valence-electron chi connectivity index (χ2n) is 5.77. The van der Waals surface area contributed by atoms with Crippen molar-refractivity contribution in [2.45, 2.75) is 45.3 Å². The highest BCUT2D eigenvalue weighted by Gasteiger charge is 2.33. The van der Waals surface area contributed by atoms with Crippen LogP contribution in [0, 0.1) is 0 Å². The van der Waals surface area contributed by atoms with Crippen molar-refractivity contribution < 1.29 is 9.53 Å². The molecule has 5 heteroatoms. The molecular weight excluding hydrogens is 264 g/mol. The third kappa shape index (κ3) is 3.60. The Bertz CT molecular complexity index is 471. The van der Waals surface area contributed by atoms with Crippen LogP contribution in [0.15, 0.2) is 18.5 Å². The predicted molar refractivity (Wildman–Crippen MR) is 74.2 cm³/mol. The lowest BCUT2D eigenvalue weighted by Gasteiger charge is -2.28. The van der Waals surface area contributed by atoms with E-state index in [1.165, 1.54) is 0 Å². The van der Waals surface area contributed by atoms with E-state index in [9.17, 15) is 4.79 Å². The van der Waals surface area contributed by atoms with Crippen LogP contribution in [0.3, 0.4) is 0 Å². The number of hydrogen-bond donors (Lipinski definition) is 0. The van der Waals surface area contributed by atoms with E-state index in [1.54, 1.807) is 17.3 Å². The van der Waals surface area contributed by atoms with Gasteiger partial charge in [0.15, 0.2) is 0 Å². The average molecular weight is 283 g/mol. The fraction of sp³-hybridized carbons (Fsp3) is 0.571. The van der Waals surface area contributed by atoms with E-state index in [2.05, 4.69) is 4.98 Å². The summed E-state index contributed by atoms with van der Waals surface area (Å²) >= 11 is 5.96. The van der Waals surface area contributed by atoms with Gasteiger partial charge in [0.05, 0.1) is 11.1 Å². The van der Waals surface area contributed by atoms with Gasteiger partial charge in [-0.05, 0) is 45.2 Å². The molecule has 1 aromatic heterocycles. The highest BCUT2D eigenvalue weighted by molar-refractivity contribution is 6.30. The van der Waals surface area contributed by atoms with Gasteiger partial charge < -0.3 is 9.64 Å². The number of aromatic nitrogens is 1. The first-order valence-electron chi connectivity index (χ1n) is 6.47. The van der Waals surface area contributed by atoms with Crippen LogP contribution in [0.1, 0.15) is 45.2 Å². The average Bonchev–Trinajstić information content (AvgIpc) is 2.75. The van der Waals surface area contributed by atoms with Crippen molar-refractivity contribution in [2.24, 2.45) is 0 Å². The van der Waals surface area contributed by atoms with E-state index in [0.717, 1.165) is 18.4 Å². The van der Waals surface area contributed by atoms with Crippen LogP contribution >= 0.6 is 11.6 Å². The lowest BCUT2D eigenvalue weighted by atomic mass is 10.1. The van der Waals surface area contributed by atoms with Gasteiger partial charge in [-0.25, -0.2) is 4.79 Å². The first kappa shape index (κ1) is 14.1. The molecule has 0 N–H and O–H groups in total. The Morgan fingerprint density at radius 1 is 1.47 bits per heavy atom. The molecule has 1 aliphatic rings. The molecular formula is C14H19ClN2O2. The summed E-state index contributed by atoms with van der Waals surface area (Å²) in [5.41, 5.74) is 0.493. The number of pyridine rings is 1. The second kappa shape index (κ2) is 5.37. The van der Waals surface area contributed by atoms with Gasteiger partial charge >= 0.3 is 6.09 Å². The predicted octanol–water partition coefficient (Wildman–Crippen LogP) is 3.81. The molecule has 2 heterocycles. The van der Waals surface area contributed by atoms with Crippen LogP contribution in [0.4, 0.5) is 4.79 Å². The van der Waals surface area contributed by atoms with Crippen molar-refractivity contribution in [3.05, 3.63) is 29.0 Å². The minimum atomic E-state index is -0.475. The quantitative estimate of drug-likeness (QED) is 0.787. The molecule has 1 aromatic rings. The summed E-state index contributed by atoms with van der Waals surface area (Å²) in [4.78, 5) is 18.0. The van der Waals surface area contributed by atoms with E-state index >= 15 is 0 Å². The molecule has 0 spiro atoms. The van der Waals surface area contributed by atoms with Crippen molar-refractivity contribution in [3.8, 4) is 0 Å². The fourth-order valence-corrected chi connectivity index (χ4v) is 2.45. The molecule has 2 rings (SSSR count). The van der Waals surface area contributed by atoms with Crippen LogP contribution in [0.2, 0.25) is 5.02 Å². The summed E-state index contributed by atoms with van der Waals surface area (Å²) in [6.07, 6.45) is 4.98. The van der Waals surface area contributed by atoms with Crippen LogP contribution in [-0.2, 0) is 4.74 Å². The largest absolute Gasteiger partial charge is 0.444 e. The Morgan fingerprint density at radius 2 is 2.21 bits per heavy atom. The minimum absolute atomic E-state index is 0.0149. The molecule has 0 saturated carbocycles. The lowest BCUT2D eigenvalue weighted by molar-refractivity contribution is 0.0224. The number of hydrogen-bond acceptors (Lipinski definition) is 3. The maximum absolute atomic E-state index is 12.2. The number of likely N-dealkylation sites (tertiary alicyclic amines) is 1. The molecule has 19 heavy (non-hydrogen) atoms. The highest BCUT2D eigenvalue weighted by Crippen LogP contribution is 2.33. The Morgan fingerprint density at radius 3 is 2.84 bits per heavy atom. The van der Waals surface area contributed by atoms with Crippen molar-refractivity contribution in [1.82, 2.24) is 9.88 Å². The van der Waals surface area contributed by atoms with Crippen LogP contribution in [0.5, 0.6) is 0 Å². The zero-order chi connectivity index (χ0) is 14.0. The van der Waals surface area contributed by atoms with Gasteiger partial charge in [0.1, 0.15) is 5.60 Å². The first-order valence-corrected chi connectivity index (χ1v) is 6.85. The van der Waals surface area contributed by atoms with Crippen molar-refractivity contribution >= 4 is 17.7 Å². The van der Waals surface area contributed by atoms with Gasteiger partial charge in [-0.2, -0.15) is 0 Å². The Balaban J connectivity index is 2.15. The normalized spacial score (nSPS) is 19.6.